The molecule has 0 aromatic carbocycles. The van der Waals surface area contributed by atoms with Gasteiger partial charge in [0.1, 0.15) is 0 Å². The van der Waals surface area contributed by atoms with Crippen LogP contribution in [-0.2, 0) is 4.79 Å². The maximum atomic E-state index is 11.9. The Balaban J connectivity index is 2.45. The minimum atomic E-state index is 0.0187. The van der Waals surface area contributed by atoms with E-state index in [0.717, 1.165) is 25.9 Å². The predicted molar refractivity (Wildman–Crippen MR) is 61.3 cm³/mol. The molecular formula is C12H20N2O. The quantitative estimate of drug-likeness (QED) is 0.684. The maximum Gasteiger partial charge on any atom is 0.240 e. The predicted octanol–water partition coefficient (Wildman–Crippen LogP) is 0.999. The highest BCUT2D eigenvalue weighted by Gasteiger charge is 2.33. The van der Waals surface area contributed by atoms with Crippen LogP contribution in [0.5, 0.6) is 0 Å². The van der Waals surface area contributed by atoms with Gasteiger partial charge >= 0.3 is 0 Å². The van der Waals surface area contributed by atoms with Crippen LogP contribution in [0.15, 0.2) is 0 Å². The molecule has 3 heteroatoms. The first kappa shape index (κ1) is 12.1. The van der Waals surface area contributed by atoms with E-state index in [1.165, 1.54) is 0 Å². The summed E-state index contributed by atoms with van der Waals surface area (Å²) in [6.07, 6.45) is 7.87. The zero-order chi connectivity index (χ0) is 11.3. The van der Waals surface area contributed by atoms with Gasteiger partial charge in [0, 0.05) is 19.0 Å². The summed E-state index contributed by atoms with van der Waals surface area (Å²) in [5.41, 5.74) is 0. The molecule has 1 heterocycles. The Bertz CT molecular complexity index is 257. The molecule has 0 spiro atoms. The van der Waals surface area contributed by atoms with Gasteiger partial charge in [0.15, 0.2) is 0 Å². The molecule has 84 valence electrons. The molecule has 1 rings (SSSR count). The molecule has 15 heavy (non-hydrogen) atoms. The summed E-state index contributed by atoms with van der Waals surface area (Å²) in [6, 6.07) is 0.195. The Morgan fingerprint density at radius 3 is 3.07 bits per heavy atom. The fourth-order valence-corrected chi connectivity index (χ4v) is 1.93. The lowest BCUT2D eigenvalue weighted by Crippen LogP contribution is -2.41. The van der Waals surface area contributed by atoms with Crippen molar-refractivity contribution in [1.82, 2.24) is 10.2 Å². The number of hydrogen-bond donors (Lipinski definition) is 1. The Labute approximate surface area is 92.2 Å². The number of terminal acetylenes is 1. The second-order valence-electron chi connectivity index (χ2n) is 4.08. The normalized spacial score (nSPS) is 22.9. The van der Waals surface area contributed by atoms with Crippen molar-refractivity contribution in [3.05, 3.63) is 0 Å². The van der Waals surface area contributed by atoms with Crippen LogP contribution in [-0.4, -0.2) is 36.0 Å². The van der Waals surface area contributed by atoms with E-state index in [1.807, 2.05) is 11.8 Å². The summed E-state index contributed by atoms with van der Waals surface area (Å²) in [5, 5.41) is 3.27. The van der Waals surface area contributed by atoms with Crippen LogP contribution in [0.2, 0.25) is 0 Å². The Morgan fingerprint density at radius 1 is 1.73 bits per heavy atom. The molecule has 1 fully saturated rings. The van der Waals surface area contributed by atoms with Gasteiger partial charge in [-0.1, -0.05) is 6.92 Å². The fraction of sp³-hybridized carbons (Fsp3) is 0.750. The summed E-state index contributed by atoms with van der Waals surface area (Å²) in [5.74, 6) is 2.82. The highest BCUT2D eigenvalue weighted by molar-refractivity contribution is 5.84. The number of hydrogen-bond acceptors (Lipinski definition) is 2. The van der Waals surface area contributed by atoms with E-state index in [0.29, 0.717) is 6.42 Å². The molecule has 0 aliphatic carbocycles. The van der Waals surface area contributed by atoms with Crippen LogP contribution in [0.4, 0.5) is 0 Å². The first-order valence-electron chi connectivity index (χ1n) is 5.68. The van der Waals surface area contributed by atoms with E-state index in [-0.39, 0.29) is 18.0 Å². The maximum absolute atomic E-state index is 11.9. The molecule has 2 atom stereocenters. The summed E-state index contributed by atoms with van der Waals surface area (Å²) < 4.78 is 0. The minimum absolute atomic E-state index is 0.0187. The van der Waals surface area contributed by atoms with Crippen LogP contribution in [0.1, 0.15) is 33.1 Å². The summed E-state index contributed by atoms with van der Waals surface area (Å²) in [6.45, 7) is 5.86. The third-order valence-corrected chi connectivity index (χ3v) is 2.83. The van der Waals surface area contributed by atoms with Crippen molar-refractivity contribution in [2.24, 2.45) is 0 Å². The van der Waals surface area contributed by atoms with Crippen molar-refractivity contribution < 1.29 is 4.79 Å². The molecule has 0 aromatic heterocycles. The topological polar surface area (TPSA) is 32.3 Å². The number of amides is 1. The zero-order valence-electron chi connectivity index (χ0n) is 9.62. The third kappa shape index (κ3) is 2.97. The molecule has 3 nitrogen and oxygen atoms in total. The van der Waals surface area contributed by atoms with Gasteiger partial charge < -0.3 is 10.2 Å². The van der Waals surface area contributed by atoms with Crippen molar-refractivity contribution in [3.63, 3.8) is 0 Å². The van der Waals surface area contributed by atoms with Gasteiger partial charge in [-0.25, -0.2) is 0 Å². The highest BCUT2D eigenvalue weighted by Crippen LogP contribution is 2.16. The van der Waals surface area contributed by atoms with E-state index in [9.17, 15) is 4.79 Å². The van der Waals surface area contributed by atoms with Gasteiger partial charge in [-0.05, 0) is 26.3 Å². The number of nitrogens with one attached hydrogen (secondary N) is 1. The van der Waals surface area contributed by atoms with Gasteiger partial charge in [0.05, 0.1) is 6.04 Å². The molecule has 1 N–H and O–H groups in total. The van der Waals surface area contributed by atoms with Crippen molar-refractivity contribution >= 4 is 5.91 Å². The van der Waals surface area contributed by atoms with Crippen LogP contribution in [0.3, 0.4) is 0 Å². The second-order valence-corrected chi connectivity index (χ2v) is 4.08. The van der Waals surface area contributed by atoms with Crippen molar-refractivity contribution in [3.8, 4) is 12.3 Å². The van der Waals surface area contributed by atoms with E-state index in [4.69, 9.17) is 6.42 Å². The SMILES string of the molecule is C#CCC(C)N1CCC(NCCC)C1=O. The smallest absolute Gasteiger partial charge is 0.240 e. The van der Waals surface area contributed by atoms with Gasteiger partial charge in [-0.2, -0.15) is 0 Å². The average Bonchev–Trinajstić information content (AvgIpc) is 2.57. The lowest BCUT2D eigenvalue weighted by atomic mass is 10.2. The van der Waals surface area contributed by atoms with Gasteiger partial charge in [0.2, 0.25) is 5.91 Å². The molecule has 0 aromatic rings. The summed E-state index contributed by atoms with van der Waals surface area (Å²) in [4.78, 5) is 13.8. The Hall–Kier alpha value is -1.01. The summed E-state index contributed by atoms with van der Waals surface area (Å²) >= 11 is 0. The largest absolute Gasteiger partial charge is 0.338 e. The van der Waals surface area contributed by atoms with Crippen LogP contribution in [0.25, 0.3) is 0 Å². The van der Waals surface area contributed by atoms with E-state index < -0.39 is 0 Å². The number of carbonyl (C=O) groups is 1. The van der Waals surface area contributed by atoms with Crippen LogP contribution < -0.4 is 5.32 Å². The third-order valence-electron chi connectivity index (χ3n) is 2.83. The molecule has 1 aliphatic heterocycles. The first-order valence-corrected chi connectivity index (χ1v) is 5.68. The second kappa shape index (κ2) is 5.77. The van der Waals surface area contributed by atoms with Gasteiger partial charge in [-0.3, -0.25) is 4.79 Å². The van der Waals surface area contributed by atoms with Crippen molar-refractivity contribution in [1.29, 1.82) is 0 Å². The Morgan fingerprint density at radius 2 is 2.47 bits per heavy atom. The first-order chi connectivity index (χ1) is 7.20. The number of rotatable bonds is 5. The average molecular weight is 208 g/mol. The summed E-state index contributed by atoms with van der Waals surface area (Å²) in [7, 11) is 0. The molecule has 1 aliphatic rings. The lowest BCUT2D eigenvalue weighted by Gasteiger charge is -2.23. The van der Waals surface area contributed by atoms with E-state index in [1.54, 1.807) is 0 Å². The molecule has 2 unspecified atom stereocenters. The Kier molecular flexibility index (Phi) is 4.64. The number of likely N-dealkylation sites (tertiary alicyclic amines) is 1. The lowest BCUT2D eigenvalue weighted by molar-refractivity contribution is -0.131. The molecular weight excluding hydrogens is 188 g/mol. The molecule has 1 amide bonds. The minimum Gasteiger partial charge on any atom is -0.338 e. The van der Waals surface area contributed by atoms with Crippen LogP contribution in [0, 0.1) is 12.3 Å². The van der Waals surface area contributed by atoms with Crippen molar-refractivity contribution in [2.45, 2.75) is 45.2 Å². The highest BCUT2D eigenvalue weighted by atomic mass is 16.2. The van der Waals surface area contributed by atoms with Gasteiger partial charge in [0.25, 0.3) is 0 Å². The number of nitrogens with zero attached hydrogens (tertiary/aromatic N) is 1. The van der Waals surface area contributed by atoms with Crippen LogP contribution >= 0.6 is 0 Å². The number of carbonyl (C=O) groups excluding carboxylic acids is 1. The molecule has 0 bridgehead atoms. The molecule has 0 saturated carbocycles. The fourth-order valence-electron chi connectivity index (χ4n) is 1.93. The van der Waals surface area contributed by atoms with E-state index >= 15 is 0 Å². The monoisotopic (exact) mass is 208 g/mol. The van der Waals surface area contributed by atoms with E-state index in [2.05, 4.69) is 18.2 Å². The zero-order valence-corrected chi connectivity index (χ0v) is 9.62. The van der Waals surface area contributed by atoms with Crippen molar-refractivity contribution in [2.75, 3.05) is 13.1 Å². The van der Waals surface area contributed by atoms with Gasteiger partial charge in [-0.15, -0.1) is 12.3 Å². The molecule has 0 radical (unpaired) electrons. The molecule has 1 saturated heterocycles. The standard InChI is InChI=1S/C12H20N2O/c1-4-6-10(3)14-9-7-11(12(14)15)13-8-5-2/h1,10-11,13H,5-9H2,2-3H3.